The SMILES string of the molecule is CCC1(CC)O[C@H]2Cc3c(C)cc(Cl)nc3[C@H]2O1. The molecule has 0 unspecified atom stereocenters. The van der Waals surface area contributed by atoms with Crippen LogP contribution in [-0.2, 0) is 15.9 Å². The van der Waals surface area contributed by atoms with Gasteiger partial charge >= 0.3 is 0 Å². The molecule has 0 radical (unpaired) electrons. The lowest BCUT2D eigenvalue weighted by atomic mass is 10.1. The normalized spacial score (nSPS) is 28.2. The average Bonchev–Trinajstić information content (AvgIpc) is 2.85. The Labute approximate surface area is 112 Å². The van der Waals surface area contributed by atoms with Gasteiger partial charge in [0, 0.05) is 6.42 Å². The fourth-order valence-electron chi connectivity index (χ4n) is 3.02. The van der Waals surface area contributed by atoms with E-state index in [1.54, 1.807) is 0 Å². The van der Waals surface area contributed by atoms with E-state index in [0.29, 0.717) is 5.15 Å². The predicted octanol–water partition coefficient (Wildman–Crippen LogP) is 3.57. The van der Waals surface area contributed by atoms with Gasteiger partial charge in [-0.15, -0.1) is 0 Å². The number of ether oxygens (including phenoxy) is 2. The van der Waals surface area contributed by atoms with Crippen molar-refractivity contribution in [1.29, 1.82) is 0 Å². The summed E-state index contributed by atoms with van der Waals surface area (Å²) in [6.45, 7) is 6.27. The number of aryl methyl sites for hydroxylation is 1. The van der Waals surface area contributed by atoms with Crippen molar-refractivity contribution in [2.75, 3.05) is 0 Å². The summed E-state index contributed by atoms with van der Waals surface area (Å²) in [5.41, 5.74) is 3.41. The summed E-state index contributed by atoms with van der Waals surface area (Å²) in [5.74, 6) is -0.426. The van der Waals surface area contributed by atoms with Crippen LogP contribution in [0.15, 0.2) is 6.07 Å². The maximum Gasteiger partial charge on any atom is 0.169 e. The quantitative estimate of drug-likeness (QED) is 0.768. The van der Waals surface area contributed by atoms with E-state index in [1.807, 2.05) is 6.07 Å². The molecule has 1 aliphatic carbocycles. The van der Waals surface area contributed by atoms with Gasteiger partial charge in [0.2, 0.25) is 0 Å². The fourth-order valence-corrected chi connectivity index (χ4v) is 3.28. The van der Waals surface area contributed by atoms with Gasteiger partial charge in [-0.3, -0.25) is 0 Å². The van der Waals surface area contributed by atoms with Crippen molar-refractivity contribution in [2.45, 2.75) is 58.0 Å². The molecule has 2 atom stereocenters. The predicted molar refractivity (Wildman–Crippen MR) is 69.7 cm³/mol. The molecule has 0 aromatic carbocycles. The molecule has 1 saturated heterocycles. The highest BCUT2D eigenvalue weighted by atomic mass is 35.5. The van der Waals surface area contributed by atoms with Gasteiger partial charge in [0.15, 0.2) is 5.79 Å². The Morgan fingerprint density at radius 3 is 2.78 bits per heavy atom. The van der Waals surface area contributed by atoms with Gasteiger partial charge in [0.1, 0.15) is 11.3 Å². The van der Waals surface area contributed by atoms with E-state index in [9.17, 15) is 0 Å². The fraction of sp³-hybridized carbons (Fsp3) is 0.643. The zero-order valence-corrected chi connectivity index (χ0v) is 11.8. The molecule has 0 N–H and O–H groups in total. The van der Waals surface area contributed by atoms with E-state index in [0.717, 1.165) is 25.0 Å². The van der Waals surface area contributed by atoms with Crippen LogP contribution in [0.5, 0.6) is 0 Å². The summed E-state index contributed by atoms with van der Waals surface area (Å²) < 4.78 is 12.3. The smallest absolute Gasteiger partial charge is 0.169 e. The second kappa shape index (κ2) is 4.19. The van der Waals surface area contributed by atoms with Crippen molar-refractivity contribution in [1.82, 2.24) is 4.98 Å². The topological polar surface area (TPSA) is 31.4 Å². The van der Waals surface area contributed by atoms with Crippen molar-refractivity contribution in [2.24, 2.45) is 0 Å². The van der Waals surface area contributed by atoms with E-state index in [1.165, 1.54) is 11.1 Å². The van der Waals surface area contributed by atoms with Crippen LogP contribution in [0.2, 0.25) is 5.15 Å². The van der Waals surface area contributed by atoms with Crippen LogP contribution in [-0.4, -0.2) is 16.9 Å². The molecule has 2 heterocycles. The number of nitrogens with zero attached hydrogens (tertiary/aromatic N) is 1. The summed E-state index contributed by atoms with van der Waals surface area (Å²) in [7, 11) is 0. The molecule has 0 spiro atoms. The van der Waals surface area contributed by atoms with Crippen LogP contribution >= 0.6 is 11.6 Å². The molecule has 0 amide bonds. The van der Waals surface area contributed by atoms with Crippen LogP contribution in [0.3, 0.4) is 0 Å². The number of aromatic nitrogens is 1. The second-order valence-electron chi connectivity index (χ2n) is 5.14. The lowest BCUT2D eigenvalue weighted by Gasteiger charge is -2.26. The Kier molecular flexibility index (Phi) is 2.88. The first-order chi connectivity index (χ1) is 8.58. The van der Waals surface area contributed by atoms with Crippen molar-refractivity contribution in [3.05, 3.63) is 28.0 Å². The van der Waals surface area contributed by atoms with Crippen molar-refractivity contribution in [3.8, 4) is 0 Å². The zero-order valence-electron chi connectivity index (χ0n) is 11.0. The molecule has 4 heteroatoms. The molecule has 1 aliphatic heterocycles. The van der Waals surface area contributed by atoms with Crippen LogP contribution in [0.4, 0.5) is 0 Å². The third kappa shape index (κ3) is 1.68. The molecule has 18 heavy (non-hydrogen) atoms. The molecule has 1 aromatic rings. The lowest BCUT2D eigenvalue weighted by Crippen LogP contribution is -2.29. The van der Waals surface area contributed by atoms with Crippen LogP contribution in [0.1, 0.15) is 49.6 Å². The Bertz CT molecular complexity index is 485. The number of hydrogen-bond donors (Lipinski definition) is 0. The van der Waals surface area contributed by atoms with E-state index in [2.05, 4.69) is 25.8 Å². The summed E-state index contributed by atoms with van der Waals surface area (Å²) in [6, 6.07) is 1.91. The highest BCUT2D eigenvalue weighted by Gasteiger charge is 2.50. The number of hydrogen-bond acceptors (Lipinski definition) is 3. The molecule has 1 aromatic heterocycles. The number of pyridine rings is 1. The lowest BCUT2D eigenvalue weighted by molar-refractivity contribution is -0.181. The Balaban J connectivity index is 1.98. The summed E-state index contributed by atoms with van der Waals surface area (Å²) in [6.07, 6.45) is 2.68. The largest absolute Gasteiger partial charge is 0.343 e. The number of halogens is 1. The molecule has 98 valence electrons. The van der Waals surface area contributed by atoms with Crippen LogP contribution in [0.25, 0.3) is 0 Å². The Morgan fingerprint density at radius 2 is 2.11 bits per heavy atom. The average molecular weight is 268 g/mol. The Morgan fingerprint density at radius 1 is 1.39 bits per heavy atom. The first-order valence-corrected chi connectivity index (χ1v) is 6.98. The number of rotatable bonds is 2. The van der Waals surface area contributed by atoms with Crippen molar-refractivity contribution >= 4 is 11.6 Å². The monoisotopic (exact) mass is 267 g/mol. The minimum atomic E-state index is -0.426. The molecule has 2 aliphatic rings. The molecular weight excluding hydrogens is 250 g/mol. The second-order valence-corrected chi connectivity index (χ2v) is 5.53. The van der Waals surface area contributed by atoms with Gasteiger partial charge in [-0.05, 0) is 37.0 Å². The summed E-state index contributed by atoms with van der Waals surface area (Å²) in [4.78, 5) is 4.45. The third-order valence-electron chi connectivity index (χ3n) is 4.15. The van der Waals surface area contributed by atoms with Crippen molar-refractivity contribution < 1.29 is 9.47 Å². The molecule has 0 bridgehead atoms. The number of fused-ring (bicyclic) bond motifs is 3. The maximum atomic E-state index is 6.16. The van der Waals surface area contributed by atoms with Gasteiger partial charge in [0.05, 0.1) is 11.8 Å². The highest BCUT2D eigenvalue weighted by molar-refractivity contribution is 6.29. The van der Waals surface area contributed by atoms with Crippen LogP contribution < -0.4 is 0 Å². The third-order valence-corrected chi connectivity index (χ3v) is 4.34. The van der Waals surface area contributed by atoms with Crippen molar-refractivity contribution in [3.63, 3.8) is 0 Å². The van der Waals surface area contributed by atoms with Crippen LogP contribution in [0, 0.1) is 6.92 Å². The van der Waals surface area contributed by atoms with E-state index < -0.39 is 5.79 Å². The van der Waals surface area contributed by atoms with E-state index in [-0.39, 0.29) is 12.2 Å². The first-order valence-electron chi connectivity index (χ1n) is 6.60. The van der Waals surface area contributed by atoms with E-state index >= 15 is 0 Å². The zero-order chi connectivity index (χ0) is 12.9. The molecule has 3 nitrogen and oxygen atoms in total. The van der Waals surface area contributed by atoms with Gasteiger partial charge < -0.3 is 9.47 Å². The van der Waals surface area contributed by atoms with Gasteiger partial charge in [0.25, 0.3) is 0 Å². The van der Waals surface area contributed by atoms with Gasteiger partial charge in [-0.2, -0.15) is 0 Å². The first kappa shape index (κ1) is 12.4. The summed E-state index contributed by atoms with van der Waals surface area (Å²) in [5, 5.41) is 0.543. The molecule has 0 saturated carbocycles. The highest BCUT2D eigenvalue weighted by Crippen LogP contribution is 2.48. The minimum absolute atomic E-state index is 0.0442. The molecule has 3 rings (SSSR count). The minimum Gasteiger partial charge on any atom is -0.343 e. The standard InChI is InChI=1S/C14H18ClNO2/c1-4-14(5-2)17-10-7-9-8(3)6-11(15)16-12(9)13(10)18-14/h6,10,13H,4-5,7H2,1-3H3/t10-,13-/m0/s1. The summed E-state index contributed by atoms with van der Waals surface area (Å²) >= 11 is 6.05. The van der Waals surface area contributed by atoms with Gasteiger partial charge in [-0.25, -0.2) is 4.98 Å². The van der Waals surface area contributed by atoms with Gasteiger partial charge in [-0.1, -0.05) is 25.4 Å². The molecular formula is C14H18ClNO2. The van der Waals surface area contributed by atoms with E-state index in [4.69, 9.17) is 21.1 Å². The Hall–Kier alpha value is -0.640. The molecule has 1 fully saturated rings. The maximum absolute atomic E-state index is 6.16.